The molecule has 7 heteroatoms. The van der Waals surface area contributed by atoms with Gasteiger partial charge in [-0.25, -0.2) is 0 Å². The maximum atomic E-state index is 12.6. The molecule has 2 heterocycles. The van der Waals surface area contributed by atoms with Crippen molar-refractivity contribution in [2.24, 2.45) is 0 Å². The van der Waals surface area contributed by atoms with Crippen LogP contribution in [0.15, 0.2) is 24.3 Å². The SMILES string of the molecule is Cc1ccc(CC(=O)N2CCN(CC(=O)NC3CCC4(CC3)OCCO4)CC2)cc1. The van der Waals surface area contributed by atoms with Crippen molar-refractivity contribution in [3.05, 3.63) is 35.4 Å². The quantitative estimate of drug-likeness (QED) is 0.789. The van der Waals surface area contributed by atoms with E-state index in [4.69, 9.17) is 9.47 Å². The Bertz CT molecular complexity index is 727. The first kappa shape index (κ1) is 21.3. The summed E-state index contributed by atoms with van der Waals surface area (Å²) in [6, 6.07) is 8.32. The Morgan fingerprint density at radius 3 is 2.30 bits per heavy atom. The minimum Gasteiger partial charge on any atom is -0.352 e. The second-order valence-corrected chi connectivity index (χ2v) is 8.77. The average Bonchev–Trinajstić information content (AvgIpc) is 3.20. The van der Waals surface area contributed by atoms with E-state index in [1.807, 2.05) is 36.1 Å². The van der Waals surface area contributed by atoms with E-state index < -0.39 is 0 Å². The first-order valence-electron chi connectivity index (χ1n) is 11.1. The number of nitrogens with one attached hydrogen (secondary N) is 1. The summed E-state index contributed by atoms with van der Waals surface area (Å²) >= 11 is 0. The highest BCUT2D eigenvalue weighted by Crippen LogP contribution is 2.35. The van der Waals surface area contributed by atoms with Crippen molar-refractivity contribution in [1.29, 1.82) is 0 Å². The number of benzene rings is 1. The molecule has 1 aromatic rings. The predicted molar refractivity (Wildman–Crippen MR) is 113 cm³/mol. The van der Waals surface area contributed by atoms with Crippen molar-refractivity contribution >= 4 is 11.8 Å². The van der Waals surface area contributed by atoms with Crippen molar-refractivity contribution in [2.75, 3.05) is 45.9 Å². The van der Waals surface area contributed by atoms with E-state index in [1.54, 1.807) is 0 Å². The van der Waals surface area contributed by atoms with Crippen molar-refractivity contribution in [3.8, 4) is 0 Å². The van der Waals surface area contributed by atoms with Crippen molar-refractivity contribution in [1.82, 2.24) is 15.1 Å². The number of carbonyl (C=O) groups is 2. The second-order valence-electron chi connectivity index (χ2n) is 8.77. The number of hydrogen-bond acceptors (Lipinski definition) is 5. The van der Waals surface area contributed by atoms with Gasteiger partial charge < -0.3 is 19.7 Å². The standard InChI is InChI=1S/C23H33N3O4/c1-18-2-4-19(5-3-18)16-22(28)26-12-10-25(11-13-26)17-21(27)24-20-6-8-23(9-7-20)29-14-15-30-23/h2-5,20H,6-17H2,1H3,(H,24,27). The van der Waals surface area contributed by atoms with Crippen molar-refractivity contribution in [3.63, 3.8) is 0 Å². The molecule has 2 aliphatic heterocycles. The zero-order valence-corrected chi connectivity index (χ0v) is 17.9. The topological polar surface area (TPSA) is 71.1 Å². The van der Waals surface area contributed by atoms with Gasteiger partial charge in [0.05, 0.1) is 26.2 Å². The van der Waals surface area contributed by atoms with Gasteiger partial charge in [-0.3, -0.25) is 14.5 Å². The first-order valence-corrected chi connectivity index (χ1v) is 11.1. The van der Waals surface area contributed by atoms with Crippen LogP contribution in [0.3, 0.4) is 0 Å². The minimum absolute atomic E-state index is 0.0728. The summed E-state index contributed by atoms with van der Waals surface area (Å²) in [5.41, 5.74) is 2.25. The number of piperazine rings is 1. The Morgan fingerprint density at radius 2 is 1.67 bits per heavy atom. The fourth-order valence-corrected chi connectivity index (χ4v) is 4.61. The van der Waals surface area contributed by atoms with E-state index in [0.29, 0.717) is 39.3 Å². The van der Waals surface area contributed by atoms with Crippen LogP contribution in [0.4, 0.5) is 0 Å². The molecule has 30 heavy (non-hydrogen) atoms. The summed E-state index contributed by atoms with van der Waals surface area (Å²) < 4.78 is 11.5. The van der Waals surface area contributed by atoms with Crippen LogP contribution < -0.4 is 5.32 Å². The third-order valence-electron chi connectivity index (χ3n) is 6.49. The Morgan fingerprint density at radius 1 is 1.03 bits per heavy atom. The normalized spacial score (nSPS) is 22.4. The van der Waals surface area contributed by atoms with Crippen molar-refractivity contribution in [2.45, 2.75) is 50.9 Å². The van der Waals surface area contributed by atoms with Gasteiger partial charge in [-0.1, -0.05) is 29.8 Å². The molecule has 2 saturated heterocycles. The number of aryl methyl sites for hydroxylation is 1. The van der Waals surface area contributed by atoms with Gasteiger partial charge in [0, 0.05) is 45.1 Å². The Hall–Kier alpha value is -1.96. The fraction of sp³-hybridized carbons (Fsp3) is 0.652. The highest BCUT2D eigenvalue weighted by molar-refractivity contribution is 5.79. The summed E-state index contributed by atoms with van der Waals surface area (Å²) in [5, 5.41) is 3.17. The molecule has 0 radical (unpaired) electrons. The number of hydrogen-bond donors (Lipinski definition) is 1. The number of carbonyl (C=O) groups excluding carboxylic acids is 2. The molecule has 7 nitrogen and oxygen atoms in total. The van der Waals surface area contributed by atoms with Gasteiger partial charge in [-0.2, -0.15) is 0 Å². The fourth-order valence-electron chi connectivity index (χ4n) is 4.61. The largest absolute Gasteiger partial charge is 0.352 e. The van der Waals surface area contributed by atoms with E-state index in [1.165, 1.54) is 5.56 Å². The lowest BCUT2D eigenvalue weighted by atomic mass is 9.90. The molecule has 1 aromatic carbocycles. The molecule has 4 rings (SSSR count). The van der Waals surface area contributed by atoms with Crippen LogP contribution in [0.5, 0.6) is 0 Å². The van der Waals surface area contributed by atoms with Gasteiger partial charge in [-0.05, 0) is 25.3 Å². The van der Waals surface area contributed by atoms with Gasteiger partial charge in [0.15, 0.2) is 5.79 Å². The second kappa shape index (κ2) is 9.45. The van der Waals surface area contributed by atoms with Crippen LogP contribution in [0.2, 0.25) is 0 Å². The minimum atomic E-state index is -0.386. The summed E-state index contributed by atoms with van der Waals surface area (Å²) in [6.07, 6.45) is 3.93. The molecule has 3 fully saturated rings. The number of rotatable bonds is 5. The molecule has 2 amide bonds. The summed E-state index contributed by atoms with van der Waals surface area (Å²) in [4.78, 5) is 29.1. The average molecular weight is 416 g/mol. The van der Waals surface area contributed by atoms with Crippen LogP contribution in [0, 0.1) is 6.92 Å². The highest BCUT2D eigenvalue weighted by Gasteiger charge is 2.40. The van der Waals surface area contributed by atoms with Crippen molar-refractivity contribution < 1.29 is 19.1 Å². The molecule has 3 aliphatic rings. The van der Waals surface area contributed by atoms with E-state index >= 15 is 0 Å². The molecule has 1 aliphatic carbocycles. The molecule has 0 bridgehead atoms. The molecular weight excluding hydrogens is 382 g/mol. The highest BCUT2D eigenvalue weighted by atomic mass is 16.7. The Balaban J connectivity index is 1.15. The summed E-state index contributed by atoms with van der Waals surface area (Å²) in [6.45, 7) is 6.63. The first-order chi connectivity index (χ1) is 14.5. The van der Waals surface area contributed by atoms with Gasteiger partial charge >= 0.3 is 0 Å². The molecule has 1 spiro atoms. The third-order valence-corrected chi connectivity index (χ3v) is 6.49. The van der Waals surface area contributed by atoms with E-state index in [-0.39, 0.29) is 23.6 Å². The van der Waals surface area contributed by atoms with Crippen LogP contribution >= 0.6 is 0 Å². The summed E-state index contributed by atoms with van der Waals surface area (Å²) in [5.74, 6) is -0.151. The van der Waals surface area contributed by atoms with E-state index in [9.17, 15) is 9.59 Å². The van der Waals surface area contributed by atoms with Gasteiger partial charge in [0.2, 0.25) is 11.8 Å². The number of amides is 2. The Labute approximate surface area is 178 Å². The van der Waals surface area contributed by atoms with Crippen LogP contribution in [0.25, 0.3) is 0 Å². The van der Waals surface area contributed by atoms with E-state index in [0.717, 1.165) is 44.3 Å². The zero-order valence-electron chi connectivity index (χ0n) is 17.9. The van der Waals surface area contributed by atoms with E-state index in [2.05, 4.69) is 10.2 Å². The van der Waals surface area contributed by atoms with Gasteiger partial charge in [-0.15, -0.1) is 0 Å². The Kier molecular flexibility index (Phi) is 6.71. The molecule has 164 valence electrons. The predicted octanol–water partition coefficient (Wildman–Crippen LogP) is 1.48. The van der Waals surface area contributed by atoms with Gasteiger partial charge in [0.1, 0.15) is 0 Å². The molecule has 0 unspecified atom stereocenters. The molecule has 0 aromatic heterocycles. The maximum Gasteiger partial charge on any atom is 0.234 e. The lowest BCUT2D eigenvalue weighted by Gasteiger charge is -2.37. The third kappa shape index (κ3) is 5.39. The van der Waals surface area contributed by atoms with Crippen LogP contribution in [-0.4, -0.2) is 79.4 Å². The smallest absolute Gasteiger partial charge is 0.234 e. The molecule has 0 atom stereocenters. The molecular formula is C23H33N3O4. The van der Waals surface area contributed by atoms with Gasteiger partial charge in [0.25, 0.3) is 0 Å². The maximum absolute atomic E-state index is 12.6. The van der Waals surface area contributed by atoms with Crippen LogP contribution in [-0.2, 0) is 25.5 Å². The van der Waals surface area contributed by atoms with Crippen LogP contribution in [0.1, 0.15) is 36.8 Å². The molecule has 1 saturated carbocycles. The summed E-state index contributed by atoms with van der Waals surface area (Å²) in [7, 11) is 0. The monoisotopic (exact) mass is 415 g/mol. The zero-order chi connectivity index (χ0) is 21.0. The number of nitrogens with zero attached hydrogens (tertiary/aromatic N) is 2. The lowest BCUT2D eigenvalue weighted by molar-refractivity contribution is -0.180. The number of ether oxygens (including phenoxy) is 2. The molecule has 1 N–H and O–H groups in total. The lowest BCUT2D eigenvalue weighted by Crippen LogP contribution is -2.52.